The van der Waals surface area contributed by atoms with Gasteiger partial charge in [0, 0.05) is 42.2 Å². The van der Waals surface area contributed by atoms with Crippen LogP contribution in [0.3, 0.4) is 0 Å². The monoisotopic (exact) mass is 821 g/mol. The number of methoxy groups -OCH3 is 2. The van der Waals surface area contributed by atoms with E-state index in [-0.39, 0.29) is 19.8 Å². The minimum absolute atomic E-state index is 0.205. The van der Waals surface area contributed by atoms with Crippen LogP contribution in [0.5, 0.6) is 23.0 Å². The quantitative estimate of drug-likeness (QED) is 0.0538. The molecule has 14 nitrogen and oxygen atoms in total. The van der Waals surface area contributed by atoms with Crippen molar-refractivity contribution in [2.24, 2.45) is 0 Å². The van der Waals surface area contributed by atoms with Gasteiger partial charge in [-0.1, -0.05) is 48.0 Å². The third-order valence-corrected chi connectivity index (χ3v) is 8.79. The van der Waals surface area contributed by atoms with E-state index in [4.69, 9.17) is 38.1 Å². The predicted octanol–water partition coefficient (Wildman–Crippen LogP) is 8.49. The van der Waals surface area contributed by atoms with Gasteiger partial charge < -0.3 is 48.7 Å². The lowest BCUT2D eigenvalue weighted by atomic mass is 10.1. The zero-order valence-corrected chi connectivity index (χ0v) is 35.4. The van der Waals surface area contributed by atoms with Gasteiger partial charge in [0.25, 0.3) is 0 Å². The number of carbonyl (C=O) groups excluding carboxylic acids is 2. The molecule has 0 radical (unpaired) electrons. The summed E-state index contributed by atoms with van der Waals surface area (Å²) in [5.74, 6) is 2.80. The molecule has 4 aromatic carbocycles. The highest BCUT2D eigenvalue weighted by Crippen LogP contribution is 2.38. The van der Waals surface area contributed by atoms with E-state index in [0.29, 0.717) is 73.1 Å². The van der Waals surface area contributed by atoms with Gasteiger partial charge in [-0.15, -0.1) is 0 Å². The third kappa shape index (κ3) is 14.1. The zero-order valence-electron chi connectivity index (χ0n) is 35.4. The first-order chi connectivity index (χ1) is 28.9. The van der Waals surface area contributed by atoms with Crippen molar-refractivity contribution in [3.63, 3.8) is 0 Å². The summed E-state index contributed by atoms with van der Waals surface area (Å²) < 4.78 is 39.9. The fourth-order valence-electron chi connectivity index (χ4n) is 5.98. The number of esters is 1. The van der Waals surface area contributed by atoms with Crippen molar-refractivity contribution in [1.29, 1.82) is 0 Å². The summed E-state index contributed by atoms with van der Waals surface area (Å²) in [5.41, 5.74) is 4.93. The summed E-state index contributed by atoms with van der Waals surface area (Å²) in [6, 6.07) is 28.9. The van der Waals surface area contributed by atoms with E-state index in [1.165, 1.54) is 11.9 Å². The molecule has 0 spiro atoms. The lowest BCUT2D eigenvalue weighted by molar-refractivity contribution is -0.145. The Hall–Kier alpha value is -6.54. The molecule has 0 atom stereocenters. The Bertz CT molecular complexity index is 2130. The molecule has 0 aliphatic carbocycles. The Balaban J connectivity index is 1.39. The molecule has 5 rings (SSSR count). The fourth-order valence-corrected chi connectivity index (χ4v) is 5.98. The second kappa shape index (κ2) is 22.0. The lowest BCUT2D eigenvalue weighted by Crippen LogP contribution is -2.33. The molecule has 0 unspecified atom stereocenters. The number of alkyl carbamates (subject to hydrolysis) is 1. The van der Waals surface area contributed by atoms with Crippen LogP contribution < -0.4 is 34.5 Å². The molecule has 14 heteroatoms. The summed E-state index contributed by atoms with van der Waals surface area (Å²) in [4.78, 5) is 35.4. The standard InChI is InChI=1S/C46H55N5O9/c1-8-57-44(52)30-59-37-14-10-12-35(24-37)50-42-27-43(49-31-48-42)51(36-13-9-11-33(23-36)19-20-47-45(53)60-46(3,4)5)28-39-40(54-6)25-38(26-41(39)55-7)58-22-21-56-29-34-17-15-32(2)16-18-34/h9-18,23-27,31H,8,19-22,28-30H2,1-7H3,(H,47,53)(H,48,49,50). The fraction of sp³-hybridized carbons (Fsp3) is 0.348. The Kier molecular flexibility index (Phi) is 16.3. The third-order valence-electron chi connectivity index (χ3n) is 8.79. The molecule has 1 aromatic heterocycles. The Labute approximate surface area is 352 Å². The molecule has 1 amide bonds. The molecular weight excluding hydrogens is 767 g/mol. The highest BCUT2D eigenvalue weighted by atomic mass is 16.6. The molecule has 0 saturated heterocycles. The van der Waals surface area contributed by atoms with Crippen LogP contribution in [-0.4, -0.2) is 74.8 Å². The number of anilines is 4. The van der Waals surface area contributed by atoms with Crippen LogP contribution >= 0.6 is 0 Å². The molecular formula is C46H55N5O9. The van der Waals surface area contributed by atoms with Crippen LogP contribution in [0.1, 0.15) is 49.9 Å². The van der Waals surface area contributed by atoms with Crippen molar-refractivity contribution in [3.8, 4) is 23.0 Å². The van der Waals surface area contributed by atoms with E-state index in [0.717, 1.165) is 22.4 Å². The van der Waals surface area contributed by atoms with E-state index < -0.39 is 17.7 Å². The van der Waals surface area contributed by atoms with Crippen molar-refractivity contribution in [2.45, 2.75) is 59.8 Å². The number of hydrogen-bond acceptors (Lipinski definition) is 13. The van der Waals surface area contributed by atoms with Crippen molar-refractivity contribution < 1.29 is 42.7 Å². The zero-order chi connectivity index (χ0) is 42.9. The number of benzene rings is 4. The second-order valence-electron chi connectivity index (χ2n) is 14.6. The number of aryl methyl sites for hydroxylation is 1. The molecule has 0 bridgehead atoms. The van der Waals surface area contributed by atoms with Crippen molar-refractivity contribution in [2.75, 3.05) is 57.4 Å². The second-order valence-corrected chi connectivity index (χ2v) is 14.6. The average Bonchev–Trinajstić information content (AvgIpc) is 3.22. The molecule has 5 aromatic rings. The minimum atomic E-state index is -0.598. The molecule has 318 valence electrons. The van der Waals surface area contributed by atoms with Gasteiger partial charge in [-0.2, -0.15) is 0 Å². The highest BCUT2D eigenvalue weighted by molar-refractivity contribution is 5.71. The Morgan fingerprint density at radius 3 is 2.27 bits per heavy atom. The van der Waals surface area contributed by atoms with Gasteiger partial charge in [-0.25, -0.2) is 19.6 Å². The van der Waals surface area contributed by atoms with Crippen LogP contribution in [-0.2, 0) is 38.6 Å². The van der Waals surface area contributed by atoms with Gasteiger partial charge in [0.1, 0.15) is 53.2 Å². The first-order valence-corrected chi connectivity index (χ1v) is 19.7. The smallest absolute Gasteiger partial charge is 0.407 e. The summed E-state index contributed by atoms with van der Waals surface area (Å²) >= 11 is 0. The van der Waals surface area contributed by atoms with Crippen LogP contribution in [0.2, 0.25) is 0 Å². The predicted molar refractivity (Wildman–Crippen MR) is 230 cm³/mol. The average molecular weight is 822 g/mol. The molecule has 0 aliphatic rings. The molecule has 0 aliphatic heterocycles. The summed E-state index contributed by atoms with van der Waals surface area (Å²) in [6.45, 7) is 11.2. The topological polar surface area (TPSA) is 152 Å². The number of ether oxygens (including phenoxy) is 7. The Morgan fingerprint density at radius 2 is 1.55 bits per heavy atom. The van der Waals surface area contributed by atoms with Crippen molar-refractivity contribution >= 4 is 35.1 Å². The van der Waals surface area contributed by atoms with Crippen molar-refractivity contribution in [3.05, 3.63) is 120 Å². The first kappa shape index (κ1) is 44.6. The van der Waals surface area contributed by atoms with Gasteiger partial charge >= 0.3 is 12.1 Å². The summed E-state index contributed by atoms with van der Waals surface area (Å²) in [6.07, 6.45) is 1.56. The Morgan fingerprint density at radius 1 is 0.800 bits per heavy atom. The number of amides is 1. The molecule has 0 fully saturated rings. The SMILES string of the molecule is CCOC(=O)COc1cccc(Nc2cc(N(Cc3c(OC)cc(OCCOCc4ccc(C)cc4)cc3OC)c3cccc(CCNC(=O)OC(C)(C)C)c3)ncn2)c1. The summed E-state index contributed by atoms with van der Waals surface area (Å²) in [7, 11) is 3.21. The number of nitrogens with zero attached hydrogens (tertiary/aromatic N) is 3. The van der Waals surface area contributed by atoms with Crippen LogP contribution in [0.15, 0.2) is 97.3 Å². The van der Waals surface area contributed by atoms with Crippen molar-refractivity contribution in [1.82, 2.24) is 15.3 Å². The normalized spacial score (nSPS) is 11.0. The highest BCUT2D eigenvalue weighted by Gasteiger charge is 2.21. The van der Waals surface area contributed by atoms with Gasteiger partial charge in [0.15, 0.2) is 6.61 Å². The lowest BCUT2D eigenvalue weighted by Gasteiger charge is -2.27. The molecule has 2 N–H and O–H groups in total. The number of hydrogen-bond donors (Lipinski definition) is 2. The first-order valence-electron chi connectivity index (χ1n) is 19.7. The number of aromatic nitrogens is 2. The van der Waals surface area contributed by atoms with Gasteiger partial charge in [-0.05, 0) is 76.4 Å². The molecule has 60 heavy (non-hydrogen) atoms. The summed E-state index contributed by atoms with van der Waals surface area (Å²) in [5, 5.41) is 6.16. The van der Waals surface area contributed by atoms with E-state index >= 15 is 0 Å². The molecule has 1 heterocycles. The maximum absolute atomic E-state index is 12.3. The maximum atomic E-state index is 12.3. The van der Waals surface area contributed by atoms with Crippen LogP contribution in [0.4, 0.5) is 27.8 Å². The largest absolute Gasteiger partial charge is 0.496 e. The number of nitrogens with one attached hydrogen (secondary N) is 2. The van der Waals surface area contributed by atoms with E-state index in [2.05, 4.69) is 46.8 Å². The van der Waals surface area contributed by atoms with E-state index in [1.807, 2.05) is 80.3 Å². The van der Waals surface area contributed by atoms with Gasteiger partial charge in [0.05, 0.1) is 46.1 Å². The maximum Gasteiger partial charge on any atom is 0.407 e. The van der Waals surface area contributed by atoms with Gasteiger partial charge in [-0.3, -0.25) is 0 Å². The van der Waals surface area contributed by atoms with Crippen LogP contribution in [0, 0.1) is 6.92 Å². The number of carbonyl (C=O) groups is 2. The minimum Gasteiger partial charge on any atom is -0.496 e. The van der Waals surface area contributed by atoms with E-state index in [1.54, 1.807) is 33.3 Å². The van der Waals surface area contributed by atoms with Crippen LogP contribution in [0.25, 0.3) is 0 Å². The number of rotatable bonds is 21. The van der Waals surface area contributed by atoms with E-state index in [9.17, 15) is 9.59 Å². The van der Waals surface area contributed by atoms with Gasteiger partial charge in [0.2, 0.25) is 0 Å². The molecule has 0 saturated carbocycles.